The average molecular weight is 460 g/mol. The van der Waals surface area contributed by atoms with E-state index in [1.807, 2.05) is 54.6 Å². The number of fused-ring (bicyclic) bond motifs is 1. The number of benzene rings is 3. The molecule has 1 aromatic heterocycles. The molecule has 1 aliphatic rings. The van der Waals surface area contributed by atoms with Crippen molar-refractivity contribution in [3.63, 3.8) is 0 Å². The number of carbonyl (C=O) groups excluding carboxylic acids is 1. The summed E-state index contributed by atoms with van der Waals surface area (Å²) in [6.45, 7) is 0. The molecular weight excluding hydrogens is 441 g/mol. The van der Waals surface area contributed by atoms with Crippen molar-refractivity contribution in [1.82, 2.24) is 4.57 Å². The van der Waals surface area contributed by atoms with E-state index >= 15 is 0 Å². The van der Waals surface area contributed by atoms with E-state index < -0.39 is 0 Å². The van der Waals surface area contributed by atoms with Gasteiger partial charge in [0.2, 0.25) is 0 Å². The van der Waals surface area contributed by atoms with Crippen molar-refractivity contribution in [2.75, 3.05) is 0 Å². The van der Waals surface area contributed by atoms with Crippen molar-refractivity contribution in [2.24, 2.45) is 0 Å². The minimum atomic E-state index is -0.293. The summed E-state index contributed by atoms with van der Waals surface area (Å²) < 4.78 is 17.1. The van der Waals surface area contributed by atoms with Crippen LogP contribution in [-0.4, -0.2) is 10.4 Å². The highest BCUT2D eigenvalue weighted by Gasteiger charge is 2.31. The van der Waals surface area contributed by atoms with Gasteiger partial charge in [-0.15, -0.1) is 0 Å². The zero-order valence-corrected chi connectivity index (χ0v) is 17.8. The number of Topliss-reactive ketones (excluding diaryl/α,β-unsaturated/α-hetero) is 1. The van der Waals surface area contributed by atoms with Crippen LogP contribution in [0.15, 0.2) is 89.4 Å². The number of ketones is 1. The number of nitrogens with zero attached hydrogens (tertiary/aromatic N) is 1. The Hall–Kier alpha value is -2.98. The molecule has 0 radical (unpaired) electrons. The predicted octanol–water partition coefficient (Wildman–Crippen LogP) is 6.96. The lowest BCUT2D eigenvalue weighted by Gasteiger charge is -2.24. The van der Waals surface area contributed by atoms with Crippen molar-refractivity contribution in [1.29, 1.82) is 0 Å². The Kier molecular flexibility index (Phi) is 4.87. The zero-order chi connectivity index (χ0) is 20.7. The number of hydrogen-bond acceptors (Lipinski definition) is 1. The topological polar surface area (TPSA) is 22.0 Å². The Labute approximate surface area is 183 Å². The molecule has 1 heterocycles. The van der Waals surface area contributed by atoms with E-state index in [0.717, 1.165) is 44.7 Å². The fourth-order valence-electron chi connectivity index (χ4n) is 4.34. The normalized spacial score (nSPS) is 15.8. The monoisotopic (exact) mass is 459 g/mol. The van der Waals surface area contributed by atoms with Gasteiger partial charge in [0.15, 0.2) is 5.78 Å². The molecule has 0 spiro atoms. The molecule has 1 atom stereocenters. The summed E-state index contributed by atoms with van der Waals surface area (Å²) in [7, 11) is 0. The molecule has 3 aromatic carbocycles. The zero-order valence-electron chi connectivity index (χ0n) is 16.2. The summed E-state index contributed by atoms with van der Waals surface area (Å²) in [4.78, 5) is 13.1. The average Bonchev–Trinajstić information content (AvgIpc) is 3.15. The van der Waals surface area contributed by atoms with Crippen LogP contribution >= 0.6 is 15.9 Å². The van der Waals surface area contributed by atoms with Gasteiger partial charge in [0, 0.05) is 27.8 Å². The van der Waals surface area contributed by atoms with Crippen LogP contribution in [0.1, 0.15) is 34.0 Å². The van der Waals surface area contributed by atoms with Crippen LogP contribution in [0.5, 0.6) is 0 Å². The first-order chi connectivity index (χ1) is 14.6. The predicted molar refractivity (Wildman–Crippen MR) is 121 cm³/mol. The molecule has 1 aliphatic carbocycles. The molecule has 2 nitrogen and oxygen atoms in total. The third-order valence-corrected chi connectivity index (χ3v) is 6.28. The van der Waals surface area contributed by atoms with Crippen molar-refractivity contribution in [3.8, 4) is 16.9 Å². The summed E-state index contributed by atoms with van der Waals surface area (Å²) in [5, 5.41) is 0. The fourth-order valence-corrected chi connectivity index (χ4v) is 4.60. The smallest absolute Gasteiger partial charge is 0.165 e. The molecule has 0 fully saturated rings. The van der Waals surface area contributed by atoms with E-state index in [9.17, 15) is 9.18 Å². The Morgan fingerprint density at radius 3 is 2.37 bits per heavy atom. The molecule has 0 aliphatic heterocycles. The van der Waals surface area contributed by atoms with Crippen molar-refractivity contribution in [3.05, 3.63) is 112 Å². The summed E-state index contributed by atoms with van der Waals surface area (Å²) in [5.74, 6) is -0.0387. The third kappa shape index (κ3) is 3.41. The van der Waals surface area contributed by atoms with E-state index in [-0.39, 0.29) is 17.5 Å². The molecule has 0 bridgehead atoms. The maximum atomic E-state index is 14.1. The van der Waals surface area contributed by atoms with Crippen LogP contribution in [0.25, 0.3) is 16.9 Å². The van der Waals surface area contributed by atoms with Crippen molar-refractivity contribution in [2.45, 2.75) is 18.8 Å². The third-order valence-electron chi connectivity index (χ3n) is 5.75. The highest BCUT2D eigenvalue weighted by Crippen LogP contribution is 2.39. The first-order valence-electron chi connectivity index (χ1n) is 9.95. The molecule has 5 rings (SSSR count). The molecular formula is C26H19BrFNO. The van der Waals surface area contributed by atoms with Gasteiger partial charge in [0.05, 0.1) is 5.69 Å². The molecule has 148 valence electrons. The summed E-state index contributed by atoms with van der Waals surface area (Å²) in [6.07, 6.45) is 1.22. The van der Waals surface area contributed by atoms with Gasteiger partial charge >= 0.3 is 0 Å². The Morgan fingerprint density at radius 1 is 0.867 bits per heavy atom. The standard InChI is InChI=1S/C26H19BrFNO/c27-20-11-9-18(10-12-20)24-16-23-25(29(24)22-8-4-7-21(28)15-22)13-19(14-26(23)30)17-5-2-1-3-6-17/h1-12,15-16,19H,13-14H2/t19-/m1/s1. The summed E-state index contributed by atoms with van der Waals surface area (Å²) in [5.41, 5.74) is 5.47. The molecule has 4 heteroatoms. The van der Waals surface area contributed by atoms with Gasteiger partial charge in [0.25, 0.3) is 0 Å². The van der Waals surface area contributed by atoms with E-state index in [1.165, 1.54) is 12.1 Å². The Morgan fingerprint density at radius 2 is 1.63 bits per heavy atom. The first-order valence-corrected chi connectivity index (χ1v) is 10.7. The van der Waals surface area contributed by atoms with E-state index in [1.54, 1.807) is 6.07 Å². The van der Waals surface area contributed by atoms with E-state index in [4.69, 9.17) is 0 Å². The lowest BCUT2D eigenvalue weighted by Crippen LogP contribution is -2.20. The van der Waals surface area contributed by atoms with Gasteiger partial charge in [-0.1, -0.05) is 64.5 Å². The molecule has 0 unspecified atom stereocenters. The van der Waals surface area contributed by atoms with E-state index in [0.29, 0.717) is 6.42 Å². The van der Waals surface area contributed by atoms with Crippen LogP contribution in [-0.2, 0) is 6.42 Å². The molecule has 4 aromatic rings. The van der Waals surface area contributed by atoms with Crippen LogP contribution in [0.4, 0.5) is 4.39 Å². The van der Waals surface area contributed by atoms with Crippen LogP contribution < -0.4 is 0 Å². The van der Waals surface area contributed by atoms with Crippen LogP contribution in [0.2, 0.25) is 0 Å². The van der Waals surface area contributed by atoms with Crippen LogP contribution in [0, 0.1) is 5.82 Å². The maximum absolute atomic E-state index is 14.1. The number of carbonyl (C=O) groups is 1. The SMILES string of the molecule is O=C1C[C@H](c2ccccc2)Cc2c1cc(-c1ccc(Br)cc1)n2-c1cccc(F)c1. The van der Waals surface area contributed by atoms with Crippen molar-refractivity contribution < 1.29 is 9.18 Å². The van der Waals surface area contributed by atoms with Gasteiger partial charge in [-0.25, -0.2) is 4.39 Å². The first kappa shape index (κ1) is 19.0. The molecule has 0 saturated heterocycles. The van der Waals surface area contributed by atoms with Gasteiger partial charge in [0.1, 0.15) is 5.82 Å². The number of rotatable bonds is 3. The minimum Gasteiger partial charge on any atom is -0.313 e. The lowest BCUT2D eigenvalue weighted by molar-refractivity contribution is 0.0963. The maximum Gasteiger partial charge on any atom is 0.165 e. The van der Waals surface area contributed by atoms with Gasteiger partial charge < -0.3 is 4.57 Å². The minimum absolute atomic E-state index is 0.117. The molecule has 0 N–H and O–H groups in total. The quantitative estimate of drug-likeness (QED) is 0.324. The molecule has 0 saturated carbocycles. The Bertz CT molecular complexity index is 1230. The van der Waals surface area contributed by atoms with Crippen molar-refractivity contribution >= 4 is 21.7 Å². The van der Waals surface area contributed by atoms with Gasteiger partial charge in [-0.3, -0.25) is 4.79 Å². The summed E-state index contributed by atoms with van der Waals surface area (Å²) >= 11 is 3.48. The number of halogens is 2. The van der Waals surface area contributed by atoms with E-state index in [2.05, 4.69) is 32.6 Å². The molecule has 0 amide bonds. The van der Waals surface area contributed by atoms with Gasteiger partial charge in [-0.05, 0) is 59.9 Å². The number of aromatic nitrogens is 1. The molecule has 30 heavy (non-hydrogen) atoms. The summed E-state index contributed by atoms with van der Waals surface area (Å²) in [6, 6.07) is 26.7. The highest BCUT2D eigenvalue weighted by molar-refractivity contribution is 9.10. The van der Waals surface area contributed by atoms with Gasteiger partial charge in [-0.2, -0.15) is 0 Å². The largest absolute Gasteiger partial charge is 0.313 e. The highest BCUT2D eigenvalue weighted by atomic mass is 79.9. The fraction of sp³-hybridized carbons (Fsp3) is 0.115. The number of hydrogen-bond donors (Lipinski definition) is 0. The van der Waals surface area contributed by atoms with Crippen LogP contribution in [0.3, 0.4) is 0 Å². The second-order valence-corrected chi connectivity index (χ2v) is 8.57. The Balaban J connectivity index is 1.71. The second-order valence-electron chi connectivity index (χ2n) is 7.65. The second kappa shape index (κ2) is 7.69. The lowest BCUT2D eigenvalue weighted by atomic mass is 9.82.